The summed E-state index contributed by atoms with van der Waals surface area (Å²) >= 11 is 0. The van der Waals surface area contributed by atoms with Gasteiger partial charge in [0, 0.05) is 12.0 Å². The number of rotatable bonds is 7. The highest BCUT2D eigenvalue weighted by molar-refractivity contribution is 5.86. The van der Waals surface area contributed by atoms with E-state index in [0.717, 1.165) is 19.3 Å². The van der Waals surface area contributed by atoms with E-state index < -0.39 is 12.3 Å². The smallest absolute Gasteiger partial charge is 0.335 e. The number of ether oxygens (including phenoxy) is 1. The molecule has 0 spiro atoms. The molecular formula is C13H24O3. The fourth-order valence-corrected chi connectivity index (χ4v) is 1.36. The minimum absolute atomic E-state index is 0.219. The Labute approximate surface area is 98.5 Å². The summed E-state index contributed by atoms with van der Waals surface area (Å²) in [5, 5.41) is 9.54. The Morgan fingerprint density at radius 3 is 2.31 bits per heavy atom. The van der Waals surface area contributed by atoms with Crippen LogP contribution in [0.5, 0.6) is 0 Å². The Balaban J connectivity index is 4.02. The number of hydrogen-bond donors (Lipinski definition) is 1. The Hall–Kier alpha value is -0.830. The third-order valence-corrected chi connectivity index (χ3v) is 3.29. The van der Waals surface area contributed by atoms with E-state index in [0.29, 0.717) is 12.0 Å². The number of esters is 1. The quantitative estimate of drug-likeness (QED) is 0.414. The first kappa shape index (κ1) is 15.2. The van der Waals surface area contributed by atoms with Gasteiger partial charge in [-0.25, -0.2) is 4.79 Å². The zero-order valence-corrected chi connectivity index (χ0v) is 10.9. The van der Waals surface area contributed by atoms with Crippen LogP contribution in [0.1, 0.15) is 53.4 Å². The van der Waals surface area contributed by atoms with Crippen LogP contribution in [-0.4, -0.2) is 17.4 Å². The van der Waals surface area contributed by atoms with Crippen molar-refractivity contribution in [3.63, 3.8) is 0 Å². The SMILES string of the molecule is C=C(C)C(=O)OC(O)CCC(C)(CC)CC. The van der Waals surface area contributed by atoms with E-state index in [1.54, 1.807) is 6.92 Å². The Bertz CT molecular complexity index is 242. The Morgan fingerprint density at radius 1 is 1.44 bits per heavy atom. The molecule has 3 nitrogen and oxygen atoms in total. The van der Waals surface area contributed by atoms with Gasteiger partial charge in [0.25, 0.3) is 0 Å². The van der Waals surface area contributed by atoms with E-state index in [-0.39, 0.29) is 5.41 Å². The first-order chi connectivity index (χ1) is 7.34. The van der Waals surface area contributed by atoms with Crippen LogP contribution < -0.4 is 0 Å². The zero-order chi connectivity index (χ0) is 12.8. The lowest BCUT2D eigenvalue weighted by molar-refractivity contribution is -0.164. The molecule has 16 heavy (non-hydrogen) atoms. The lowest BCUT2D eigenvalue weighted by Crippen LogP contribution is -2.22. The number of aliphatic hydroxyl groups excluding tert-OH is 1. The van der Waals surface area contributed by atoms with Gasteiger partial charge in [0.2, 0.25) is 6.29 Å². The van der Waals surface area contributed by atoms with E-state index >= 15 is 0 Å². The van der Waals surface area contributed by atoms with Gasteiger partial charge >= 0.3 is 5.97 Å². The summed E-state index contributed by atoms with van der Waals surface area (Å²) in [5.74, 6) is -0.526. The standard InChI is InChI=1S/C13H24O3/c1-6-13(5,7-2)9-8-11(14)16-12(15)10(3)4/h11,14H,3,6-9H2,1-2,4-5H3. The predicted octanol–water partition coefficient (Wildman–Crippen LogP) is 3.03. The first-order valence-electron chi connectivity index (χ1n) is 5.89. The van der Waals surface area contributed by atoms with Crippen LogP contribution in [0.25, 0.3) is 0 Å². The average molecular weight is 228 g/mol. The third-order valence-electron chi connectivity index (χ3n) is 3.29. The maximum absolute atomic E-state index is 11.1. The summed E-state index contributed by atoms with van der Waals surface area (Å²) in [7, 11) is 0. The summed E-state index contributed by atoms with van der Waals surface area (Å²) in [5.41, 5.74) is 0.532. The third kappa shape index (κ3) is 5.31. The topological polar surface area (TPSA) is 46.5 Å². The van der Waals surface area contributed by atoms with Crippen LogP contribution >= 0.6 is 0 Å². The summed E-state index contributed by atoms with van der Waals surface area (Å²) < 4.78 is 4.81. The van der Waals surface area contributed by atoms with Gasteiger partial charge in [0.05, 0.1) is 0 Å². The molecule has 0 aliphatic carbocycles. The van der Waals surface area contributed by atoms with E-state index in [4.69, 9.17) is 4.74 Å². The molecule has 0 aliphatic heterocycles. The molecule has 0 saturated carbocycles. The molecule has 0 bridgehead atoms. The van der Waals surface area contributed by atoms with Gasteiger partial charge in [0.15, 0.2) is 0 Å². The highest BCUT2D eigenvalue weighted by Crippen LogP contribution is 2.31. The molecule has 0 radical (unpaired) electrons. The molecule has 0 rings (SSSR count). The van der Waals surface area contributed by atoms with E-state index in [1.807, 2.05) is 0 Å². The average Bonchev–Trinajstić information content (AvgIpc) is 2.25. The molecule has 1 N–H and O–H groups in total. The van der Waals surface area contributed by atoms with Crippen molar-refractivity contribution in [3.8, 4) is 0 Å². The minimum atomic E-state index is -1.01. The van der Waals surface area contributed by atoms with Gasteiger partial charge in [-0.3, -0.25) is 0 Å². The van der Waals surface area contributed by atoms with Gasteiger partial charge in [-0.2, -0.15) is 0 Å². The van der Waals surface area contributed by atoms with Crippen molar-refractivity contribution in [2.75, 3.05) is 0 Å². The van der Waals surface area contributed by atoms with Crippen LogP contribution in [0.15, 0.2) is 12.2 Å². The van der Waals surface area contributed by atoms with Crippen molar-refractivity contribution in [2.45, 2.75) is 59.7 Å². The number of carbonyl (C=O) groups excluding carboxylic acids is 1. The van der Waals surface area contributed by atoms with Crippen LogP contribution in [-0.2, 0) is 9.53 Å². The largest absolute Gasteiger partial charge is 0.433 e. The zero-order valence-electron chi connectivity index (χ0n) is 10.9. The van der Waals surface area contributed by atoms with Crippen molar-refractivity contribution in [1.29, 1.82) is 0 Å². The van der Waals surface area contributed by atoms with Gasteiger partial charge in [0.1, 0.15) is 0 Å². The van der Waals surface area contributed by atoms with Crippen LogP contribution in [0, 0.1) is 5.41 Å². The summed E-state index contributed by atoms with van der Waals surface area (Å²) in [4.78, 5) is 11.1. The molecular weight excluding hydrogens is 204 g/mol. The van der Waals surface area contributed by atoms with E-state index in [1.165, 1.54) is 0 Å². The summed E-state index contributed by atoms with van der Waals surface area (Å²) in [6.07, 6.45) is 2.44. The minimum Gasteiger partial charge on any atom is -0.433 e. The van der Waals surface area contributed by atoms with Gasteiger partial charge in [-0.1, -0.05) is 40.2 Å². The molecule has 1 unspecified atom stereocenters. The molecule has 0 aromatic rings. The number of hydrogen-bond acceptors (Lipinski definition) is 3. The van der Waals surface area contributed by atoms with Gasteiger partial charge in [-0.05, 0) is 18.8 Å². The lowest BCUT2D eigenvalue weighted by atomic mass is 9.80. The van der Waals surface area contributed by atoms with Gasteiger partial charge in [-0.15, -0.1) is 0 Å². The molecule has 0 fully saturated rings. The molecule has 0 aromatic carbocycles. The highest BCUT2D eigenvalue weighted by atomic mass is 16.6. The maximum Gasteiger partial charge on any atom is 0.335 e. The molecule has 1 atom stereocenters. The molecule has 94 valence electrons. The number of aliphatic hydroxyl groups is 1. The number of carbonyl (C=O) groups is 1. The van der Waals surface area contributed by atoms with Crippen molar-refractivity contribution in [3.05, 3.63) is 12.2 Å². The van der Waals surface area contributed by atoms with Crippen molar-refractivity contribution in [2.24, 2.45) is 5.41 Å². The van der Waals surface area contributed by atoms with Gasteiger partial charge < -0.3 is 9.84 Å². The first-order valence-corrected chi connectivity index (χ1v) is 5.89. The summed E-state index contributed by atoms with van der Waals surface area (Å²) in [6, 6.07) is 0. The van der Waals surface area contributed by atoms with Crippen molar-refractivity contribution in [1.82, 2.24) is 0 Å². The summed E-state index contributed by atoms with van der Waals surface area (Å²) in [6.45, 7) is 11.5. The highest BCUT2D eigenvalue weighted by Gasteiger charge is 2.22. The van der Waals surface area contributed by atoms with Crippen LogP contribution in [0.4, 0.5) is 0 Å². The normalized spacial score (nSPS) is 13.3. The fourth-order valence-electron chi connectivity index (χ4n) is 1.36. The Kier molecular flexibility index (Phi) is 6.34. The monoisotopic (exact) mass is 228 g/mol. The lowest BCUT2D eigenvalue weighted by Gasteiger charge is -2.27. The molecule has 0 saturated heterocycles. The second kappa shape index (κ2) is 6.69. The molecule has 0 amide bonds. The second-order valence-corrected chi connectivity index (χ2v) is 4.70. The maximum atomic E-state index is 11.1. The molecule has 0 aliphatic rings. The van der Waals surface area contributed by atoms with E-state index in [9.17, 15) is 9.90 Å². The molecule has 0 aromatic heterocycles. The molecule has 0 heterocycles. The Morgan fingerprint density at radius 2 is 1.94 bits per heavy atom. The van der Waals surface area contributed by atoms with Crippen molar-refractivity contribution >= 4 is 5.97 Å². The van der Waals surface area contributed by atoms with Crippen LogP contribution in [0.2, 0.25) is 0 Å². The predicted molar refractivity (Wildman–Crippen MR) is 64.8 cm³/mol. The second-order valence-electron chi connectivity index (χ2n) is 4.70. The van der Waals surface area contributed by atoms with Crippen LogP contribution in [0.3, 0.4) is 0 Å². The van der Waals surface area contributed by atoms with Crippen molar-refractivity contribution < 1.29 is 14.6 Å². The fraction of sp³-hybridized carbons (Fsp3) is 0.769. The molecule has 3 heteroatoms. The van der Waals surface area contributed by atoms with E-state index in [2.05, 4.69) is 27.4 Å².